The van der Waals surface area contributed by atoms with Crippen LogP contribution in [-0.4, -0.2) is 31.2 Å². The highest BCUT2D eigenvalue weighted by atomic mass is 16.5. The normalized spacial score (nSPS) is 19.6. The van der Waals surface area contributed by atoms with Crippen molar-refractivity contribution in [3.05, 3.63) is 35.6 Å². The third-order valence-corrected chi connectivity index (χ3v) is 3.90. The molecule has 19 heavy (non-hydrogen) atoms. The van der Waals surface area contributed by atoms with Crippen molar-refractivity contribution < 1.29 is 9.15 Å². The minimum Gasteiger partial charge on any atom is -0.459 e. The number of likely N-dealkylation sites (N-methyl/N-ethyl adjacent to an activating group) is 1. The molecule has 0 spiro atoms. The van der Waals surface area contributed by atoms with Gasteiger partial charge in [0.1, 0.15) is 11.3 Å². The van der Waals surface area contributed by atoms with Crippen molar-refractivity contribution in [3.8, 4) is 0 Å². The Balaban J connectivity index is 1.90. The minimum absolute atomic E-state index is 0.443. The predicted molar refractivity (Wildman–Crippen MR) is 74.8 cm³/mol. The Morgan fingerprint density at radius 2 is 2.21 bits per heavy atom. The van der Waals surface area contributed by atoms with Crippen LogP contribution < -0.4 is 5.73 Å². The molecular formula is C15H20N2O2. The fourth-order valence-electron chi connectivity index (χ4n) is 2.74. The van der Waals surface area contributed by atoms with E-state index in [-0.39, 0.29) is 0 Å². The van der Waals surface area contributed by atoms with E-state index < -0.39 is 0 Å². The van der Waals surface area contributed by atoms with Gasteiger partial charge in [0.25, 0.3) is 0 Å². The average Bonchev–Trinajstić information content (AvgIpc) is 3.06. The second kappa shape index (κ2) is 5.33. The van der Waals surface area contributed by atoms with Gasteiger partial charge in [-0.2, -0.15) is 0 Å². The van der Waals surface area contributed by atoms with Gasteiger partial charge >= 0.3 is 0 Å². The molecule has 0 radical (unpaired) electrons. The van der Waals surface area contributed by atoms with Crippen molar-refractivity contribution in [1.29, 1.82) is 0 Å². The quantitative estimate of drug-likeness (QED) is 0.914. The lowest BCUT2D eigenvalue weighted by atomic mass is 10.1. The highest BCUT2D eigenvalue weighted by Gasteiger charge is 2.22. The maximum Gasteiger partial charge on any atom is 0.134 e. The molecule has 1 unspecified atom stereocenters. The maximum absolute atomic E-state index is 5.83. The number of hydrogen-bond donors (Lipinski definition) is 1. The van der Waals surface area contributed by atoms with Gasteiger partial charge in [-0.05, 0) is 19.5 Å². The number of nitrogens with zero attached hydrogens (tertiary/aromatic N) is 1. The van der Waals surface area contributed by atoms with E-state index in [1.54, 1.807) is 0 Å². The highest BCUT2D eigenvalue weighted by Crippen LogP contribution is 2.27. The second-order valence-corrected chi connectivity index (χ2v) is 5.14. The van der Waals surface area contributed by atoms with Crippen molar-refractivity contribution in [2.75, 3.05) is 20.3 Å². The van der Waals surface area contributed by atoms with Gasteiger partial charge < -0.3 is 14.9 Å². The van der Waals surface area contributed by atoms with E-state index in [0.717, 1.165) is 37.5 Å². The molecule has 0 amide bonds. The van der Waals surface area contributed by atoms with Crippen molar-refractivity contribution in [2.24, 2.45) is 5.73 Å². The third-order valence-electron chi connectivity index (χ3n) is 3.90. The average molecular weight is 260 g/mol. The Morgan fingerprint density at radius 3 is 2.95 bits per heavy atom. The van der Waals surface area contributed by atoms with Crippen molar-refractivity contribution in [3.63, 3.8) is 0 Å². The molecule has 0 saturated carbocycles. The molecular weight excluding hydrogens is 240 g/mol. The lowest BCUT2D eigenvalue weighted by Crippen LogP contribution is -2.31. The van der Waals surface area contributed by atoms with Crippen LogP contribution in [0.5, 0.6) is 0 Å². The van der Waals surface area contributed by atoms with E-state index in [1.807, 2.05) is 18.2 Å². The van der Waals surface area contributed by atoms with Crippen LogP contribution in [0.25, 0.3) is 11.0 Å². The van der Waals surface area contributed by atoms with Crippen LogP contribution in [0.4, 0.5) is 0 Å². The van der Waals surface area contributed by atoms with Gasteiger partial charge in [0.05, 0.1) is 13.2 Å². The fraction of sp³-hybridized carbons (Fsp3) is 0.467. The van der Waals surface area contributed by atoms with Crippen molar-refractivity contribution >= 4 is 11.0 Å². The molecule has 3 rings (SSSR count). The maximum atomic E-state index is 5.83. The summed E-state index contributed by atoms with van der Waals surface area (Å²) in [7, 11) is 2.14. The van der Waals surface area contributed by atoms with Crippen molar-refractivity contribution in [1.82, 2.24) is 4.90 Å². The predicted octanol–water partition coefficient (Wildman–Crippen LogP) is 2.11. The van der Waals surface area contributed by atoms with E-state index in [9.17, 15) is 0 Å². The molecule has 2 aromatic rings. The number of benzene rings is 1. The summed E-state index contributed by atoms with van der Waals surface area (Å²) in [5, 5.41) is 1.17. The Morgan fingerprint density at radius 1 is 1.37 bits per heavy atom. The van der Waals surface area contributed by atoms with E-state index in [1.165, 1.54) is 10.9 Å². The molecule has 102 valence electrons. The van der Waals surface area contributed by atoms with Gasteiger partial charge in [0, 0.05) is 30.1 Å². The van der Waals surface area contributed by atoms with Gasteiger partial charge in [-0.3, -0.25) is 4.90 Å². The molecule has 4 heteroatoms. The van der Waals surface area contributed by atoms with Crippen LogP contribution in [-0.2, 0) is 17.8 Å². The second-order valence-electron chi connectivity index (χ2n) is 5.14. The summed E-state index contributed by atoms with van der Waals surface area (Å²) >= 11 is 0. The molecule has 1 atom stereocenters. The SMILES string of the molecule is CN(Cc1c(CN)oc2ccccc12)C1CCOC1. The number of fused-ring (bicyclic) bond motifs is 1. The lowest BCUT2D eigenvalue weighted by Gasteiger charge is -2.22. The molecule has 4 nitrogen and oxygen atoms in total. The summed E-state index contributed by atoms with van der Waals surface area (Å²) < 4.78 is 11.3. The van der Waals surface area contributed by atoms with Gasteiger partial charge in [-0.15, -0.1) is 0 Å². The molecule has 2 N–H and O–H groups in total. The van der Waals surface area contributed by atoms with Gasteiger partial charge in [0.2, 0.25) is 0 Å². The molecule has 2 heterocycles. The molecule has 0 bridgehead atoms. The van der Waals surface area contributed by atoms with Gasteiger partial charge in [-0.25, -0.2) is 0 Å². The number of para-hydroxylation sites is 1. The first-order valence-corrected chi connectivity index (χ1v) is 6.77. The fourth-order valence-corrected chi connectivity index (χ4v) is 2.74. The van der Waals surface area contributed by atoms with E-state index in [0.29, 0.717) is 12.6 Å². The first-order chi connectivity index (χ1) is 9.29. The Bertz CT molecular complexity index is 558. The zero-order valence-electron chi connectivity index (χ0n) is 11.3. The number of ether oxygens (including phenoxy) is 1. The molecule has 1 aliphatic rings. The van der Waals surface area contributed by atoms with Crippen LogP contribution >= 0.6 is 0 Å². The van der Waals surface area contributed by atoms with Crippen LogP contribution in [0.15, 0.2) is 28.7 Å². The molecule has 1 fully saturated rings. The summed E-state index contributed by atoms with van der Waals surface area (Å²) in [6.07, 6.45) is 1.10. The minimum atomic E-state index is 0.443. The van der Waals surface area contributed by atoms with Crippen LogP contribution in [0, 0.1) is 0 Å². The van der Waals surface area contributed by atoms with Crippen LogP contribution in [0.2, 0.25) is 0 Å². The first-order valence-electron chi connectivity index (χ1n) is 6.77. The smallest absolute Gasteiger partial charge is 0.134 e. The molecule has 1 aromatic heterocycles. The summed E-state index contributed by atoms with van der Waals surface area (Å²) in [6, 6.07) is 8.63. The monoisotopic (exact) mass is 260 g/mol. The summed E-state index contributed by atoms with van der Waals surface area (Å²) in [4.78, 5) is 2.34. The van der Waals surface area contributed by atoms with Crippen LogP contribution in [0.1, 0.15) is 17.7 Å². The summed E-state index contributed by atoms with van der Waals surface area (Å²) in [5.41, 5.74) is 7.95. The molecule has 1 saturated heterocycles. The number of hydrogen-bond acceptors (Lipinski definition) is 4. The highest BCUT2D eigenvalue weighted by molar-refractivity contribution is 5.82. The van der Waals surface area contributed by atoms with E-state index in [4.69, 9.17) is 14.9 Å². The Kier molecular flexibility index (Phi) is 3.55. The third kappa shape index (κ3) is 2.39. The number of rotatable bonds is 4. The summed E-state index contributed by atoms with van der Waals surface area (Å²) in [6.45, 7) is 2.99. The standard InChI is InChI=1S/C15H20N2O2/c1-17(11-6-7-18-10-11)9-13-12-4-2-3-5-14(12)19-15(13)8-16/h2-5,11H,6-10,16H2,1H3. The Hall–Kier alpha value is -1.36. The number of furan rings is 1. The largest absolute Gasteiger partial charge is 0.459 e. The lowest BCUT2D eigenvalue weighted by molar-refractivity contribution is 0.156. The zero-order chi connectivity index (χ0) is 13.2. The van der Waals surface area contributed by atoms with Crippen molar-refractivity contribution in [2.45, 2.75) is 25.6 Å². The topological polar surface area (TPSA) is 51.6 Å². The van der Waals surface area contributed by atoms with E-state index >= 15 is 0 Å². The first kappa shape index (κ1) is 12.7. The number of nitrogens with two attached hydrogens (primary N) is 1. The van der Waals surface area contributed by atoms with E-state index in [2.05, 4.69) is 18.0 Å². The molecule has 0 aliphatic carbocycles. The summed E-state index contributed by atoms with van der Waals surface area (Å²) in [5.74, 6) is 0.895. The van der Waals surface area contributed by atoms with Gasteiger partial charge in [0.15, 0.2) is 0 Å². The zero-order valence-corrected chi connectivity index (χ0v) is 11.3. The van der Waals surface area contributed by atoms with Gasteiger partial charge in [-0.1, -0.05) is 18.2 Å². The molecule has 1 aromatic carbocycles. The Labute approximate surface area is 113 Å². The van der Waals surface area contributed by atoms with Crippen LogP contribution in [0.3, 0.4) is 0 Å². The molecule has 1 aliphatic heterocycles.